The summed E-state index contributed by atoms with van der Waals surface area (Å²) < 4.78 is 5.20. The van der Waals surface area contributed by atoms with E-state index in [1.807, 2.05) is 6.07 Å². The van der Waals surface area contributed by atoms with Gasteiger partial charge in [-0.3, -0.25) is 9.59 Å². The number of anilines is 1. The van der Waals surface area contributed by atoms with Crippen molar-refractivity contribution in [2.24, 2.45) is 5.92 Å². The van der Waals surface area contributed by atoms with Gasteiger partial charge in [-0.15, -0.1) is 11.3 Å². The molecule has 26 heavy (non-hydrogen) atoms. The van der Waals surface area contributed by atoms with Crippen LogP contribution in [0.2, 0.25) is 0 Å². The van der Waals surface area contributed by atoms with Crippen molar-refractivity contribution >= 4 is 34.7 Å². The number of fused-ring (bicyclic) bond motifs is 1. The van der Waals surface area contributed by atoms with Gasteiger partial charge >= 0.3 is 5.97 Å². The fourth-order valence-electron chi connectivity index (χ4n) is 3.03. The molecule has 0 aliphatic heterocycles. The number of thiophene rings is 1. The van der Waals surface area contributed by atoms with Crippen LogP contribution in [0.3, 0.4) is 0 Å². The highest BCUT2D eigenvalue weighted by atomic mass is 32.1. The van der Waals surface area contributed by atoms with E-state index in [9.17, 15) is 14.4 Å². The van der Waals surface area contributed by atoms with Crippen LogP contribution in [0.1, 0.15) is 50.7 Å². The van der Waals surface area contributed by atoms with Gasteiger partial charge in [0.05, 0.1) is 0 Å². The average Bonchev–Trinajstić information content (AvgIpc) is 3.02. The van der Waals surface area contributed by atoms with E-state index in [1.54, 1.807) is 24.3 Å². The van der Waals surface area contributed by atoms with Gasteiger partial charge in [-0.1, -0.05) is 6.92 Å². The van der Waals surface area contributed by atoms with Crippen molar-refractivity contribution in [3.05, 3.63) is 51.2 Å². The van der Waals surface area contributed by atoms with Gasteiger partial charge in [-0.25, -0.2) is 4.79 Å². The molecule has 1 aliphatic carbocycles. The zero-order chi connectivity index (χ0) is 18.7. The fourth-order valence-corrected chi connectivity index (χ4v) is 4.14. The summed E-state index contributed by atoms with van der Waals surface area (Å²) in [6.45, 7) is 3.34. The number of carbonyl (C=O) groups is 3. The summed E-state index contributed by atoms with van der Waals surface area (Å²) in [4.78, 5) is 37.3. The summed E-state index contributed by atoms with van der Waals surface area (Å²) in [6, 6.07) is 8.40. The third-order valence-electron chi connectivity index (χ3n) is 4.39. The monoisotopic (exact) mass is 371 g/mol. The van der Waals surface area contributed by atoms with E-state index in [1.165, 1.54) is 28.7 Å². The maximum absolute atomic E-state index is 12.2. The van der Waals surface area contributed by atoms with Crippen molar-refractivity contribution < 1.29 is 19.1 Å². The van der Waals surface area contributed by atoms with Crippen molar-refractivity contribution in [2.45, 2.75) is 33.1 Å². The van der Waals surface area contributed by atoms with Gasteiger partial charge in [-0.05, 0) is 61.1 Å². The van der Waals surface area contributed by atoms with Crippen molar-refractivity contribution in [2.75, 3.05) is 11.9 Å². The number of esters is 1. The third-order valence-corrected chi connectivity index (χ3v) is 5.61. The molecule has 6 heteroatoms. The lowest BCUT2D eigenvalue weighted by Gasteiger charge is -2.16. The minimum Gasteiger partial charge on any atom is -0.453 e. The van der Waals surface area contributed by atoms with E-state index >= 15 is 0 Å². The van der Waals surface area contributed by atoms with E-state index in [4.69, 9.17) is 4.74 Å². The summed E-state index contributed by atoms with van der Waals surface area (Å²) in [5, 5.41) is 2.64. The van der Waals surface area contributed by atoms with E-state index in [-0.39, 0.29) is 18.3 Å². The molecule has 0 saturated carbocycles. The topological polar surface area (TPSA) is 72.5 Å². The van der Waals surface area contributed by atoms with E-state index in [0.29, 0.717) is 22.0 Å². The predicted octanol–water partition coefficient (Wildman–Crippen LogP) is 3.87. The summed E-state index contributed by atoms with van der Waals surface area (Å²) in [5.41, 5.74) is 2.29. The SMILES string of the molecule is CC(=O)Nc1ccc(C(=O)COC(=O)c2cc3c(s2)CCC(C)C3)cc1. The highest BCUT2D eigenvalue weighted by molar-refractivity contribution is 7.14. The number of ketones is 1. The number of amides is 1. The molecule has 1 N–H and O–H groups in total. The maximum atomic E-state index is 12.2. The van der Waals surface area contributed by atoms with E-state index < -0.39 is 5.97 Å². The zero-order valence-electron chi connectivity index (χ0n) is 14.8. The van der Waals surface area contributed by atoms with Gasteiger partial charge in [0.15, 0.2) is 12.4 Å². The number of hydrogen-bond acceptors (Lipinski definition) is 5. The first-order chi connectivity index (χ1) is 12.4. The first-order valence-corrected chi connectivity index (χ1v) is 9.43. The van der Waals surface area contributed by atoms with Crippen molar-refractivity contribution in [3.8, 4) is 0 Å². The quantitative estimate of drug-likeness (QED) is 0.640. The van der Waals surface area contributed by atoms with Crippen LogP contribution in [-0.4, -0.2) is 24.3 Å². The minimum absolute atomic E-state index is 0.175. The Labute approximate surface area is 156 Å². The second-order valence-electron chi connectivity index (χ2n) is 6.66. The highest BCUT2D eigenvalue weighted by Gasteiger charge is 2.22. The Balaban J connectivity index is 1.57. The van der Waals surface area contributed by atoms with Crippen LogP contribution in [0.15, 0.2) is 30.3 Å². The molecule has 0 radical (unpaired) electrons. The molecule has 1 atom stereocenters. The summed E-state index contributed by atoms with van der Waals surface area (Å²) in [7, 11) is 0. The number of nitrogens with one attached hydrogen (secondary N) is 1. The normalized spacial score (nSPS) is 15.8. The number of carbonyl (C=O) groups excluding carboxylic acids is 3. The molecule has 2 aromatic rings. The van der Waals surface area contributed by atoms with Crippen LogP contribution < -0.4 is 5.32 Å². The van der Waals surface area contributed by atoms with Crippen LogP contribution in [0.4, 0.5) is 5.69 Å². The molecule has 3 rings (SSSR count). The second kappa shape index (κ2) is 7.83. The Kier molecular flexibility index (Phi) is 5.52. The third kappa shape index (κ3) is 4.38. The number of Topliss-reactive ketones (excluding diaryl/α,β-unsaturated/α-hetero) is 1. The Hall–Kier alpha value is -2.47. The molecule has 5 nitrogen and oxygen atoms in total. The largest absolute Gasteiger partial charge is 0.453 e. The molecule has 1 heterocycles. The molecular weight excluding hydrogens is 350 g/mol. The molecule has 1 aromatic carbocycles. The van der Waals surface area contributed by atoms with Gasteiger partial charge in [0.2, 0.25) is 5.91 Å². The molecule has 1 amide bonds. The van der Waals surface area contributed by atoms with Gasteiger partial charge < -0.3 is 10.1 Å². The molecule has 0 fully saturated rings. The smallest absolute Gasteiger partial charge is 0.348 e. The number of rotatable bonds is 5. The van der Waals surface area contributed by atoms with Crippen LogP contribution in [0, 0.1) is 5.92 Å². The maximum Gasteiger partial charge on any atom is 0.348 e. The Morgan fingerprint density at radius 3 is 2.65 bits per heavy atom. The summed E-state index contributed by atoms with van der Waals surface area (Å²) >= 11 is 1.47. The molecule has 1 aliphatic rings. The molecule has 1 unspecified atom stereocenters. The fraction of sp³-hybridized carbons (Fsp3) is 0.350. The second-order valence-corrected chi connectivity index (χ2v) is 7.80. The summed E-state index contributed by atoms with van der Waals surface area (Å²) in [5.74, 6) is -0.253. The van der Waals surface area contributed by atoms with E-state index in [0.717, 1.165) is 19.3 Å². The van der Waals surface area contributed by atoms with Crippen molar-refractivity contribution in [1.82, 2.24) is 0 Å². The lowest BCUT2D eigenvalue weighted by molar-refractivity contribution is -0.114. The lowest BCUT2D eigenvalue weighted by atomic mass is 9.90. The number of benzene rings is 1. The van der Waals surface area contributed by atoms with Gasteiger partial charge in [0.1, 0.15) is 4.88 Å². The standard InChI is InChI=1S/C20H21NO4S/c1-12-3-8-18-15(9-12)10-19(26-18)20(24)25-11-17(23)14-4-6-16(7-5-14)21-13(2)22/h4-7,10,12H,3,8-9,11H2,1-2H3,(H,21,22). The first-order valence-electron chi connectivity index (χ1n) is 8.62. The molecular formula is C20H21NO4S. The first kappa shape index (κ1) is 18.3. The average molecular weight is 371 g/mol. The lowest BCUT2D eigenvalue weighted by Crippen LogP contribution is -2.13. The Morgan fingerprint density at radius 1 is 1.23 bits per heavy atom. The molecule has 1 aromatic heterocycles. The number of ether oxygens (including phenoxy) is 1. The number of aryl methyl sites for hydroxylation is 1. The van der Waals surface area contributed by atoms with Crippen LogP contribution in [0.5, 0.6) is 0 Å². The van der Waals surface area contributed by atoms with Crippen molar-refractivity contribution in [1.29, 1.82) is 0 Å². The predicted molar refractivity (Wildman–Crippen MR) is 101 cm³/mol. The minimum atomic E-state index is -0.444. The highest BCUT2D eigenvalue weighted by Crippen LogP contribution is 2.32. The molecule has 0 spiro atoms. The Bertz CT molecular complexity index is 838. The van der Waals surface area contributed by atoms with Crippen LogP contribution >= 0.6 is 11.3 Å². The van der Waals surface area contributed by atoms with Crippen LogP contribution in [-0.2, 0) is 22.4 Å². The van der Waals surface area contributed by atoms with Crippen molar-refractivity contribution in [3.63, 3.8) is 0 Å². The van der Waals surface area contributed by atoms with Gasteiger partial charge in [0, 0.05) is 23.1 Å². The Morgan fingerprint density at radius 2 is 1.96 bits per heavy atom. The van der Waals surface area contributed by atoms with Gasteiger partial charge in [-0.2, -0.15) is 0 Å². The molecule has 136 valence electrons. The molecule has 0 saturated heterocycles. The number of hydrogen-bond donors (Lipinski definition) is 1. The van der Waals surface area contributed by atoms with Crippen LogP contribution in [0.25, 0.3) is 0 Å². The summed E-state index contributed by atoms with van der Waals surface area (Å²) in [6.07, 6.45) is 3.15. The van der Waals surface area contributed by atoms with E-state index in [2.05, 4.69) is 12.2 Å². The van der Waals surface area contributed by atoms with Gasteiger partial charge in [0.25, 0.3) is 0 Å². The molecule has 0 bridgehead atoms. The zero-order valence-corrected chi connectivity index (χ0v) is 15.7.